The Labute approximate surface area is 209 Å². The average Bonchev–Trinajstić information content (AvgIpc) is 3.16. The number of aryl methyl sites for hydroxylation is 2. The third-order valence-electron chi connectivity index (χ3n) is 5.39. The smallest absolute Gasteiger partial charge is 0.279 e. The summed E-state index contributed by atoms with van der Waals surface area (Å²) in [4.78, 5) is 17.9. The highest BCUT2D eigenvalue weighted by molar-refractivity contribution is 7.89. The number of thiazole rings is 1. The maximum atomic E-state index is 13.1. The highest BCUT2D eigenvalue weighted by Gasteiger charge is 2.24. The molecule has 0 aliphatic heterocycles. The Kier molecular flexibility index (Phi) is 8.99. The molecule has 2 aromatic carbocycles. The molecule has 0 N–H and O–H groups in total. The van der Waals surface area contributed by atoms with Crippen molar-refractivity contribution in [2.75, 3.05) is 40.5 Å². The summed E-state index contributed by atoms with van der Waals surface area (Å²) in [6.45, 7) is 5.20. The van der Waals surface area contributed by atoms with E-state index in [-0.39, 0.29) is 43.3 Å². The van der Waals surface area contributed by atoms with Crippen molar-refractivity contribution >= 4 is 37.5 Å². The third kappa shape index (κ3) is 6.07. The van der Waals surface area contributed by atoms with Crippen molar-refractivity contribution in [2.24, 2.45) is 4.99 Å². The Morgan fingerprint density at radius 1 is 1.11 bits per heavy atom. The standard InChI is InChI=1S/C25H29N3O5S2/c1-6-11-28-22-17-18(2)16-19(3)23(22)34-25(28)26-24(29)20-7-9-21(10-8-20)35(30,31)27(12-14-32-4)13-15-33-5/h1,7-10,16-17H,11-15H2,2-5H3. The van der Waals surface area contributed by atoms with Gasteiger partial charge >= 0.3 is 0 Å². The number of carbonyl (C=O) groups is 1. The summed E-state index contributed by atoms with van der Waals surface area (Å²) >= 11 is 1.40. The fourth-order valence-electron chi connectivity index (χ4n) is 3.65. The molecule has 35 heavy (non-hydrogen) atoms. The predicted molar refractivity (Wildman–Crippen MR) is 137 cm³/mol. The second-order valence-electron chi connectivity index (χ2n) is 7.94. The van der Waals surface area contributed by atoms with Gasteiger partial charge in [0, 0.05) is 32.9 Å². The van der Waals surface area contributed by atoms with Gasteiger partial charge in [0.15, 0.2) is 4.80 Å². The summed E-state index contributed by atoms with van der Waals surface area (Å²) in [6, 6.07) is 9.87. The van der Waals surface area contributed by atoms with E-state index in [1.54, 1.807) is 0 Å². The number of hydrogen-bond acceptors (Lipinski definition) is 6. The third-order valence-corrected chi connectivity index (χ3v) is 8.53. The van der Waals surface area contributed by atoms with Gasteiger partial charge in [0.25, 0.3) is 5.91 Å². The van der Waals surface area contributed by atoms with E-state index >= 15 is 0 Å². The van der Waals surface area contributed by atoms with E-state index in [9.17, 15) is 13.2 Å². The van der Waals surface area contributed by atoms with Gasteiger partial charge in [-0.15, -0.1) is 6.42 Å². The lowest BCUT2D eigenvalue weighted by Gasteiger charge is -2.21. The Balaban J connectivity index is 1.95. The van der Waals surface area contributed by atoms with E-state index in [4.69, 9.17) is 15.9 Å². The number of carbonyl (C=O) groups excluding carboxylic acids is 1. The maximum absolute atomic E-state index is 13.1. The van der Waals surface area contributed by atoms with Crippen LogP contribution in [-0.4, -0.2) is 63.7 Å². The van der Waals surface area contributed by atoms with Gasteiger partial charge in [0.2, 0.25) is 10.0 Å². The van der Waals surface area contributed by atoms with Crippen molar-refractivity contribution in [2.45, 2.75) is 25.3 Å². The van der Waals surface area contributed by atoms with Crippen LogP contribution in [0.15, 0.2) is 46.3 Å². The average molecular weight is 516 g/mol. The summed E-state index contributed by atoms with van der Waals surface area (Å²) in [7, 11) is -0.757. The number of sulfonamides is 1. The second-order valence-corrected chi connectivity index (χ2v) is 10.9. The first-order chi connectivity index (χ1) is 16.7. The molecule has 186 valence electrons. The molecule has 10 heteroatoms. The number of aromatic nitrogens is 1. The number of amides is 1. The minimum atomic E-state index is -3.78. The fraction of sp³-hybridized carbons (Fsp3) is 0.360. The monoisotopic (exact) mass is 515 g/mol. The van der Waals surface area contributed by atoms with Crippen LogP contribution in [-0.2, 0) is 26.0 Å². The molecule has 8 nitrogen and oxygen atoms in total. The number of ether oxygens (including phenoxy) is 2. The van der Waals surface area contributed by atoms with Crippen LogP contribution in [0.4, 0.5) is 0 Å². The highest BCUT2D eigenvalue weighted by atomic mass is 32.2. The maximum Gasteiger partial charge on any atom is 0.279 e. The molecule has 0 aliphatic rings. The van der Waals surface area contributed by atoms with Crippen LogP contribution < -0.4 is 4.80 Å². The molecule has 0 atom stereocenters. The number of methoxy groups -OCH3 is 2. The van der Waals surface area contributed by atoms with E-state index < -0.39 is 15.9 Å². The molecule has 0 saturated heterocycles. The lowest BCUT2D eigenvalue weighted by atomic mass is 10.1. The summed E-state index contributed by atoms with van der Waals surface area (Å²) in [5.41, 5.74) is 3.40. The Bertz CT molecular complexity index is 1410. The van der Waals surface area contributed by atoms with Crippen LogP contribution in [0.1, 0.15) is 21.5 Å². The number of terminal acetylenes is 1. The van der Waals surface area contributed by atoms with Crippen LogP contribution >= 0.6 is 11.3 Å². The molecular formula is C25H29N3O5S2. The molecule has 0 fully saturated rings. The lowest BCUT2D eigenvalue weighted by molar-refractivity contribution is 0.0998. The molecule has 3 rings (SSSR count). The molecule has 0 aliphatic carbocycles. The van der Waals surface area contributed by atoms with Gasteiger partial charge in [-0.2, -0.15) is 9.30 Å². The summed E-state index contributed by atoms with van der Waals surface area (Å²) in [5, 5.41) is 0. The molecule has 0 saturated carbocycles. The molecular weight excluding hydrogens is 486 g/mol. The zero-order valence-corrected chi connectivity index (χ0v) is 21.9. The van der Waals surface area contributed by atoms with Crippen LogP contribution in [0, 0.1) is 26.2 Å². The van der Waals surface area contributed by atoms with E-state index in [2.05, 4.69) is 17.0 Å². The van der Waals surface area contributed by atoms with Gasteiger partial charge < -0.3 is 14.0 Å². The van der Waals surface area contributed by atoms with Crippen molar-refractivity contribution in [1.29, 1.82) is 0 Å². The number of benzene rings is 2. The fourth-order valence-corrected chi connectivity index (χ4v) is 6.14. The molecule has 1 heterocycles. The second kappa shape index (κ2) is 11.7. The summed E-state index contributed by atoms with van der Waals surface area (Å²) < 4.78 is 40.4. The first kappa shape index (κ1) is 26.8. The van der Waals surface area contributed by atoms with Crippen molar-refractivity contribution in [3.8, 4) is 12.3 Å². The molecule has 1 aromatic heterocycles. The molecule has 3 aromatic rings. The summed E-state index contributed by atoms with van der Waals surface area (Å²) in [5.74, 6) is 2.15. The number of fused-ring (bicyclic) bond motifs is 1. The Morgan fingerprint density at radius 2 is 1.74 bits per heavy atom. The molecule has 0 radical (unpaired) electrons. The van der Waals surface area contributed by atoms with Gasteiger partial charge in [-0.05, 0) is 55.3 Å². The minimum absolute atomic E-state index is 0.0802. The Morgan fingerprint density at radius 3 is 2.31 bits per heavy atom. The van der Waals surface area contributed by atoms with Gasteiger partial charge in [0.1, 0.15) is 0 Å². The quantitative estimate of drug-likeness (QED) is 0.387. The normalized spacial score (nSPS) is 12.4. The lowest BCUT2D eigenvalue weighted by Crippen LogP contribution is -2.36. The van der Waals surface area contributed by atoms with Gasteiger partial charge in [-0.25, -0.2) is 8.42 Å². The van der Waals surface area contributed by atoms with E-state index in [0.29, 0.717) is 4.80 Å². The molecule has 0 unspecified atom stereocenters. The van der Waals surface area contributed by atoms with Gasteiger partial charge in [-0.1, -0.05) is 23.3 Å². The van der Waals surface area contributed by atoms with Crippen LogP contribution in [0.25, 0.3) is 10.2 Å². The van der Waals surface area contributed by atoms with Crippen LogP contribution in [0.2, 0.25) is 0 Å². The van der Waals surface area contributed by atoms with Gasteiger partial charge in [-0.3, -0.25) is 4.79 Å². The first-order valence-corrected chi connectivity index (χ1v) is 13.2. The zero-order chi connectivity index (χ0) is 25.6. The largest absolute Gasteiger partial charge is 0.383 e. The van der Waals surface area contributed by atoms with Crippen molar-refractivity contribution in [1.82, 2.24) is 8.87 Å². The highest BCUT2D eigenvalue weighted by Crippen LogP contribution is 2.23. The topological polar surface area (TPSA) is 90.2 Å². The Hall–Kier alpha value is -2.81. The number of hydrogen-bond donors (Lipinski definition) is 0. The zero-order valence-electron chi connectivity index (χ0n) is 20.3. The number of nitrogens with zero attached hydrogens (tertiary/aromatic N) is 3. The SMILES string of the molecule is C#CCn1c(=NC(=O)c2ccc(S(=O)(=O)N(CCOC)CCOC)cc2)sc2c(C)cc(C)cc21. The van der Waals surface area contributed by atoms with Gasteiger partial charge in [0.05, 0.1) is 34.9 Å². The predicted octanol–water partition coefficient (Wildman–Crippen LogP) is 2.98. The summed E-state index contributed by atoms with van der Waals surface area (Å²) in [6.07, 6.45) is 5.57. The first-order valence-electron chi connectivity index (χ1n) is 10.9. The van der Waals surface area contributed by atoms with Crippen LogP contribution in [0.3, 0.4) is 0 Å². The van der Waals surface area contributed by atoms with Crippen molar-refractivity contribution in [3.63, 3.8) is 0 Å². The van der Waals surface area contributed by atoms with E-state index in [1.807, 2.05) is 24.5 Å². The molecule has 0 bridgehead atoms. The van der Waals surface area contributed by atoms with Crippen molar-refractivity contribution in [3.05, 3.63) is 57.9 Å². The van der Waals surface area contributed by atoms with Crippen LogP contribution in [0.5, 0.6) is 0 Å². The van der Waals surface area contributed by atoms with E-state index in [0.717, 1.165) is 21.3 Å². The minimum Gasteiger partial charge on any atom is -0.383 e. The molecule has 0 spiro atoms. The molecule has 1 amide bonds. The van der Waals surface area contributed by atoms with Crippen molar-refractivity contribution < 1.29 is 22.7 Å². The number of rotatable bonds is 10. The van der Waals surface area contributed by atoms with E-state index in [1.165, 1.54) is 54.1 Å².